The van der Waals surface area contributed by atoms with Crippen LogP contribution in [-0.2, 0) is 4.79 Å². The molecule has 0 saturated heterocycles. The Morgan fingerprint density at radius 1 is 1.47 bits per heavy atom. The minimum absolute atomic E-state index is 0.396. The van der Waals surface area contributed by atoms with Crippen molar-refractivity contribution in [1.29, 1.82) is 0 Å². The fourth-order valence-corrected chi connectivity index (χ4v) is 1.44. The Kier molecular flexibility index (Phi) is 3.68. The Morgan fingerprint density at radius 2 is 2.13 bits per heavy atom. The first kappa shape index (κ1) is 11.5. The van der Waals surface area contributed by atoms with Crippen LogP contribution in [0.4, 0.5) is 11.4 Å². The highest BCUT2D eigenvalue weighted by Gasteiger charge is 2.03. The van der Waals surface area contributed by atoms with Crippen LogP contribution in [-0.4, -0.2) is 31.7 Å². The molecule has 0 aromatic heterocycles. The molecule has 0 radical (unpaired) electrons. The number of rotatable bonds is 3. The molecule has 1 amide bonds. The number of hydrogen-bond acceptors (Lipinski definition) is 3. The Labute approximate surface area is 89.5 Å². The molecule has 0 aliphatic rings. The molecule has 4 heteroatoms. The van der Waals surface area contributed by atoms with Crippen molar-refractivity contribution in [1.82, 2.24) is 0 Å². The lowest BCUT2D eigenvalue weighted by Crippen LogP contribution is -2.16. The number of aliphatic hydroxyl groups excluding tert-OH is 1. The van der Waals surface area contributed by atoms with Crippen molar-refractivity contribution >= 4 is 17.3 Å². The third-order valence-corrected chi connectivity index (χ3v) is 2.11. The van der Waals surface area contributed by atoms with E-state index in [-0.39, 0.29) is 0 Å². The van der Waals surface area contributed by atoms with E-state index in [4.69, 9.17) is 5.11 Å². The molecule has 0 heterocycles. The number of aliphatic hydroxyl groups is 1. The molecule has 15 heavy (non-hydrogen) atoms. The molecule has 0 aliphatic heterocycles. The summed E-state index contributed by atoms with van der Waals surface area (Å²) in [6.45, 7) is 1.48. The molecule has 0 spiro atoms. The van der Waals surface area contributed by atoms with Crippen LogP contribution in [0.1, 0.15) is 5.56 Å². The molecular weight excluding hydrogens is 192 g/mol. The molecular formula is C11H16N2O2. The van der Waals surface area contributed by atoms with Gasteiger partial charge in [-0.1, -0.05) is 0 Å². The second-order valence-corrected chi connectivity index (χ2v) is 3.60. The highest BCUT2D eigenvalue weighted by Crippen LogP contribution is 2.21. The zero-order valence-corrected chi connectivity index (χ0v) is 9.24. The van der Waals surface area contributed by atoms with E-state index in [1.54, 1.807) is 0 Å². The first-order chi connectivity index (χ1) is 7.04. The van der Waals surface area contributed by atoms with E-state index >= 15 is 0 Å². The molecule has 1 aromatic carbocycles. The molecule has 82 valence electrons. The predicted molar refractivity (Wildman–Crippen MR) is 61.2 cm³/mol. The summed E-state index contributed by atoms with van der Waals surface area (Å²) in [7, 11) is 3.93. The van der Waals surface area contributed by atoms with Gasteiger partial charge in [0.15, 0.2) is 0 Å². The van der Waals surface area contributed by atoms with E-state index in [1.165, 1.54) is 0 Å². The van der Waals surface area contributed by atoms with Gasteiger partial charge in [0.05, 0.1) is 0 Å². The zero-order chi connectivity index (χ0) is 11.4. The molecule has 4 nitrogen and oxygen atoms in total. The third kappa shape index (κ3) is 2.95. The van der Waals surface area contributed by atoms with Crippen LogP contribution < -0.4 is 10.2 Å². The molecule has 0 fully saturated rings. The van der Waals surface area contributed by atoms with E-state index < -0.39 is 12.5 Å². The summed E-state index contributed by atoms with van der Waals surface area (Å²) in [5.74, 6) is -0.396. The van der Waals surface area contributed by atoms with Gasteiger partial charge < -0.3 is 15.3 Å². The second kappa shape index (κ2) is 4.79. The van der Waals surface area contributed by atoms with Gasteiger partial charge in [0, 0.05) is 25.5 Å². The number of anilines is 2. The highest BCUT2D eigenvalue weighted by molar-refractivity contribution is 5.91. The number of hydrogen-bond donors (Lipinski definition) is 2. The summed E-state index contributed by atoms with van der Waals surface area (Å²) >= 11 is 0. The van der Waals surface area contributed by atoms with Crippen molar-refractivity contribution in [2.45, 2.75) is 6.92 Å². The Hall–Kier alpha value is -1.55. The summed E-state index contributed by atoms with van der Waals surface area (Å²) in [5.41, 5.74) is 2.89. The van der Waals surface area contributed by atoms with E-state index in [9.17, 15) is 4.79 Å². The summed E-state index contributed by atoms with van der Waals surface area (Å²) in [5, 5.41) is 11.2. The fraction of sp³-hybridized carbons (Fsp3) is 0.364. The van der Waals surface area contributed by atoms with Crippen LogP contribution in [0.3, 0.4) is 0 Å². The van der Waals surface area contributed by atoms with Crippen LogP contribution in [0.25, 0.3) is 0 Å². The van der Waals surface area contributed by atoms with Crippen LogP contribution in [0.5, 0.6) is 0 Å². The van der Waals surface area contributed by atoms with Crippen LogP contribution >= 0.6 is 0 Å². The molecule has 1 aromatic rings. The molecule has 2 N–H and O–H groups in total. The largest absolute Gasteiger partial charge is 0.387 e. The second-order valence-electron chi connectivity index (χ2n) is 3.60. The normalized spacial score (nSPS) is 9.87. The number of nitrogens with zero attached hydrogens (tertiary/aromatic N) is 1. The van der Waals surface area contributed by atoms with Crippen LogP contribution in [0.15, 0.2) is 18.2 Å². The maximum atomic E-state index is 10.9. The standard InChI is InChI=1S/C11H16N2O2/c1-8-6-9(12-11(15)7-14)4-5-10(8)13(2)3/h4-6,14H,7H2,1-3H3,(H,12,15). The van der Waals surface area contributed by atoms with Gasteiger partial charge in [-0.25, -0.2) is 0 Å². The minimum atomic E-state index is -0.492. The first-order valence-corrected chi connectivity index (χ1v) is 4.73. The Balaban J connectivity index is 2.87. The quantitative estimate of drug-likeness (QED) is 0.779. The maximum absolute atomic E-state index is 10.9. The SMILES string of the molecule is Cc1cc(NC(=O)CO)ccc1N(C)C. The summed E-state index contributed by atoms with van der Waals surface area (Å²) in [4.78, 5) is 12.9. The molecule has 0 atom stereocenters. The van der Waals surface area contributed by atoms with Gasteiger partial charge in [-0.2, -0.15) is 0 Å². The van der Waals surface area contributed by atoms with Crippen molar-refractivity contribution in [3.05, 3.63) is 23.8 Å². The zero-order valence-electron chi connectivity index (χ0n) is 9.24. The minimum Gasteiger partial charge on any atom is -0.387 e. The van der Waals surface area contributed by atoms with Gasteiger partial charge in [-0.3, -0.25) is 4.79 Å². The molecule has 1 rings (SSSR count). The van der Waals surface area contributed by atoms with E-state index in [0.29, 0.717) is 5.69 Å². The topological polar surface area (TPSA) is 52.6 Å². The Morgan fingerprint density at radius 3 is 2.60 bits per heavy atom. The van der Waals surface area contributed by atoms with Crippen molar-refractivity contribution in [3.8, 4) is 0 Å². The van der Waals surface area contributed by atoms with E-state index in [0.717, 1.165) is 11.3 Å². The summed E-state index contributed by atoms with van der Waals surface area (Å²) in [6, 6.07) is 5.63. The number of benzene rings is 1. The lowest BCUT2D eigenvalue weighted by atomic mass is 10.1. The first-order valence-electron chi connectivity index (χ1n) is 4.73. The number of nitrogens with one attached hydrogen (secondary N) is 1. The fourth-order valence-electron chi connectivity index (χ4n) is 1.44. The van der Waals surface area contributed by atoms with Gasteiger partial charge in [0.1, 0.15) is 6.61 Å². The van der Waals surface area contributed by atoms with E-state index in [2.05, 4.69) is 5.32 Å². The Bertz CT molecular complexity index is 362. The monoisotopic (exact) mass is 208 g/mol. The van der Waals surface area contributed by atoms with Gasteiger partial charge >= 0.3 is 0 Å². The van der Waals surface area contributed by atoms with Gasteiger partial charge in [-0.05, 0) is 30.7 Å². The van der Waals surface area contributed by atoms with Gasteiger partial charge in [0.25, 0.3) is 0 Å². The lowest BCUT2D eigenvalue weighted by molar-refractivity contribution is -0.118. The van der Waals surface area contributed by atoms with Crippen molar-refractivity contribution in [2.75, 3.05) is 30.9 Å². The van der Waals surface area contributed by atoms with Crippen LogP contribution in [0, 0.1) is 6.92 Å². The van der Waals surface area contributed by atoms with Crippen molar-refractivity contribution < 1.29 is 9.90 Å². The average molecular weight is 208 g/mol. The van der Waals surface area contributed by atoms with Gasteiger partial charge in [-0.15, -0.1) is 0 Å². The van der Waals surface area contributed by atoms with Crippen molar-refractivity contribution in [3.63, 3.8) is 0 Å². The number of carbonyl (C=O) groups excluding carboxylic acids is 1. The smallest absolute Gasteiger partial charge is 0.250 e. The summed E-state index contributed by atoms with van der Waals surface area (Å²) < 4.78 is 0. The molecule has 0 unspecified atom stereocenters. The molecule has 0 bridgehead atoms. The number of amides is 1. The van der Waals surface area contributed by atoms with Gasteiger partial charge in [0.2, 0.25) is 5.91 Å². The summed E-state index contributed by atoms with van der Waals surface area (Å²) in [6.07, 6.45) is 0. The average Bonchev–Trinajstić information content (AvgIpc) is 2.17. The number of aryl methyl sites for hydroxylation is 1. The molecule has 0 saturated carbocycles. The maximum Gasteiger partial charge on any atom is 0.250 e. The van der Waals surface area contributed by atoms with Crippen molar-refractivity contribution in [2.24, 2.45) is 0 Å². The third-order valence-electron chi connectivity index (χ3n) is 2.11. The van der Waals surface area contributed by atoms with E-state index in [1.807, 2.05) is 44.1 Å². The lowest BCUT2D eigenvalue weighted by Gasteiger charge is -2.16. The highest BCUT2D eigenvalue weighted by atomic mass is 16.3. The predicted octanol–water partition coefficient (Wildman–Crippen LogP) is 0.992. The number of carbonyl (C=O) groups is 1. The van der Waals surface area contributed by atoms with Crippen LogP contribution in [0.2, 0.25) is 0 Å². The molecule has 0 aliphatic carbocycles.